The van der Waals surface area contributed by atoms with Crippen molar-refractivity contribution in [3.05, 3.63) is 84.2 Å². The number of urea groups is 1. The van der Waals surface area contributed by atoms with Gasteiger partial charge in [0.15, 0.2) is 5.78 Å². The number of hydrogen-bond acceptors (Lipinski definition) is 7. The number of fused-ring (bicyclic) bond motifs is 1. The third kappa shape index (κ3) is 5.56. The smallest absolute Gasteiger partial charge is 0.321 e. The molecular formula is C26H26N6O4. The fourth-order valence-electron chi connectivity index (χ4n) is 3.82. The van der Waals surface area contributed by atoms with Crippen LogP contribution >= 0.6 is 0 Å². The van der Waals surface area contributed by atoms with Crippen LogP contribution in [0.15, 0.2) is 77.9 Å². The van der Waals surface area contributed by atoms with Crippen LogP contribution in [-0.2, 0) is 9.59 Å². The maximum absolute atomic E-state index is 13.6. The van der Waals surface area contributed by atoms with Crippen LogP contribution < -0.4 is 20.9 Å². The molecule has 1 atom stereocenters. The number of aliphatic imine (C=N–C) groups is 1. The molecule has 0 saturated heterocycles. The quantitative estimate of drug-likeness (QED) is 0.386. The van der Waals surface area contributed by atoms with Gasteiger partial charge in [0, 0.05) is 36.6 Å². The van der Waals surface area contributed by atoms with Crippen molar-refractivity contribution in [2.75, 3.05) is 35.7 Å². The van der Waals surface area contributed by atoms with Gasteiger partial charge in [-0.15, -0.1) is 0 Å². The SMILES string of the molecule is CNc1cccc(NC(=O)N[C@@H]2N=C(c3ccccn3)c3ccccc3N(CC(=O)CCO)C2=O)c1. The molecule has 0 bridgehead atoms. The van der Waals surface area contributed by atoms with Gasteiger partial charge in [-0.3, -0.25) is 14.6 Å². The Bertz CT molecular complexity index is 1290. The average molecular weight is 487 g/mol. The van der Waals surface area contributed by atoms with Crippen molar-refractivity contribution in [3.8, 4) is 0 Å². The Morgan fingerprint density at radius 2 is 1.81 bits per heavy atom. The molecule has 4 rings (SSSR count). The lowest BCUT2D eigenvalue weighted by molar-refractivity contribution is -0.124. The summed E-state index contributed by atoms with van der Waals surface area (Å²) in [5, 5.41) is 17.5. The number of amides is 3. The highest BCUT2D eigenvalue weighted by Gasteiger charge is 2.34. The molecular weight excluding hydrogens is 460 g/mol. The largest absolute Gasteiger partial charge is 0.396 e. The molecule has 0 spiro atoms. The van der Waals surface area contributed by atoms with Crippen LogP contribution in [-0.4, -0.2) is 59.9 Å². The number of hydrogen-bond donors (Lipinski definition) is 4. The van der Waals surface area contributed by atoms with Crippen LogP contribution in [0.2, 0.25) is 0 Å². The van der Waals surface area contributed by atoms with Gasteiger partial charge in [-0.2, -0.15) is 0 Å². The fourth-order valence-corrected chi connectivity index (χ4v) is 3.82. The molecule has 184 valence electrons. The number of carbonyl (C=O) groups excluding carboxylic acids is 3. The number of Topliss-reactive ketones (excluding diaryl/α,β-unsaturated/α-hetero) is 1. The highest BCUT2D eigenvalue weighted by Crippen LogP contribution is 2.28. The molecule has 1 aromatic heterocycles. The predicted octanol–water partition coefficient (Wildman–Crippen LogP) is 2.41. The summed E-state index contributed by atoms with van der Waals surface area (Å²) < 4.78 is 0. The molecule has 0 saturated carbocycles. The van der Waals surface area contributed by atoms with Crippen molar-refractivity contribution in [1.82, 2.24) is 10.3 Å². The van der Waals surface area contributed by atoms with Gasteiger partial charge in [0.2, 0.25) is 6.17 Å². The number of nitrogens with zero attached hydrogens (tertiary/aromatic N) is 3. The zero-order valence-electron chi connectivity index (χ0n) is 19.6. The third-order valence-electron chi connectivity index (χ3n) is 5.52. The Kier molecular flexibility index (Phi) is 7.66. The number of nitrogens with one attached hydrogen (secondary N) is 3. The van der Waals surface area contributed by atoms with E-state index in [0.29, 0.717) is 28.3 Å². The fraction of sp³-hybridized carbons (Fsp3) is 0.192. The van der Waals surface area contributed by atoms with E-state index in [1.165, 1.54) is 4.90 Å². The van der Waals surface area contributed by atoms with E-state index in [-0.39, 0.29) is 25.4 Å². The zero-order chi connectivity index (χ0) is 25.5. The van der Waals surface area contributed by atoms with E-state index in [9.17, 15) is 19.5 Å². The minimum atomic E-state index is -1.33. The van der Waals surface area contributed by atoms with Crippen LogP contribution in [0.1, 0.15) is 17.7 Å². The monoisotopic (exact) mass is 486 g/mol. The first-order valence-electron chi connectivity index (χ1n) is 11.4. The number of aliphatic hydroxyl groups excluding tert-OH is 1. The second kappa shape index (κ2) is 11.2. The van der Waals surface area contributed by atoms with Crippen LogP contribution in [0.3, 0.4) is 0 Å². The van der Waals surface area contributed by atoms with Crippen molar-refractivity contribution < 1.29 is 19.5 Å². The normalized spacial score (nSPS) is 14.8. The molecule has 0 unspecified atom stereocenters. The summed E-state index contributed by atoms with van der Waals surface area (Å²) in [7, 11) is 1.77. The Labute approximate surface area is 208 Å². The van der Waals surface area contributed by atoms with Crippen LogP contribution in [0, 0.1) is 0 Å². The number of carbonyl (C=O) groups is 3. The minimum Gasteiger partial charge on any atom is -0.396 e. The molecule has 36 heavy (non-hydrogen) atoms. The summed E-state index contributed by atoms with van der Waals surface area (Å²) in [5.41, 5.74) is 3.29. The van der Waals surface area contributed by atoms with Crippen LogP contribution in [0.4, 0.5) is 21.9 Å². The Morgan fingerprint density at radius 3 is 2.56 bits per heavy atom. The number of para-hydroxylation sites is 1. The first kappa shape index (κ1) is 24.6. The second-order valence-corrected chi connectivity index (χ2v) is 7.98. The van der Waals surface area contributed by atoms with Gasteiger partial charge >= 0.3 is 6.03 Å². The highest BCUT2D eigenvalue weighted by atomic mass is 16.3. The number of benzene rings is 2. The first-order valence-corrected chi connectivity index (χ1v) is 11.4. The molecule has 2 heterocycles. The highest BCUT2D eigenvalue weighted by molar-refractivity contribution is 6.20. The Balaban J connectivity index is 1.72. The molecule has 1 aliphatic rings. The van der Waals surface area contributed by atoms with Gasteiger partial charge in [0.25, 0.3) is 5.91 Å². The lowest BCUT2D eigenvalue weighted by Crippen LogP contribution is -2.50. The van der Waals surface area contributed by atoms with Gasteiger partial charge in [0.05, 0.1) is 30.2 Å². The summed E-state index contributed by atoms with van der Waals surface area (Å²) in [6, 6.07) is 18.8. The zero-order valence-corrected chi connectivity index (χ0v) is 19.6. The van der Waals surface area contributed by atoms with Crippen LogP contribution in [0.25, 0.3) is 0 Å². The number of pyridine rings is 1. The van der Waals surface area contributed by atoms with E-state index in [2.05, 4.69) is 25.9 Å². The molecule has 4 N–H and O–H groups in total. The summed E-state index contributed by atoms with van der Waals surface area (Å²) in [5.74, 6) is -0.909. The van der Waals surface area contributed by atoms with Crippen molar-refractivity contribution >= 4 is 40.5 Å². The number of anilines is 3. The maximum Gasteiger partial charge on any atom is 0.321 e. The van der Waals surface area contributed by atoms with Gasteiger partial charge in [-0.05, 0) is 36.4 Å². The average Bonchev–Trinajstić information content (AvgIpc) is 3.00. The first-order chi connectivity index (χ1) is 17.5. The Hall–Kier alpha value is -4.57. The van der Waals surface area contributed by atoms with E-state index in [0.717, 1.165) is 5.69 Å². The van der Waals surface area contributed by atoms with E-state index in [4.69, 9.17) is 0 Å². The maximum atomic E-state index is 13.6. The van der Waals surface area contributed by atoms with E-state index >= 15 is 0 Å². The summed E-state index contributed by atoms with van der Waals surface area (Å²) in [6.45, 7) is -0.598. The lowest BCUT2D eigenvalue weighted by Gasteiger charge is -2.25. The number of ketones is 1. The number of rotatable bonds is 8. The van der Waals surface area contributed by atoms with E-state index in [1.807, 2.05) is 6.07 Å². The summed E-state index contributed by atoms with van der Waals surface area (Å²) in [6.07, 6.45) is 0.184. The Morgan fingerprint density at radius 1 is 1.03 bits per heavy atom. The standard InChI is InChI=1S/C26H26N6O4/c1-27-17-7-6-8-18(15-17)29-26(36)31-24-25(35)32(16-19(34)12-14-33)22-11-3-2-9-20(22)23(30-24)21-10-4-5-13-28-21/h2-11,13,15,24,27,33H,12,14,16H2,1H3,(H2,29,31,36)/t24-/m0/s1. The number of aliphatic hydroxyl groups is 1. The molecule has 0 radical (unpaired) electrons. The molecule has 3 amide bonds. The lowest BCUT2D eigenvalue weighted by atomic mass is 10.0. The topological polar surface area (TPSA) is 136 Å². The molecule has 10 nitrogen and oxygen atoms in total. The van der Waals surface area contributed by atoms with Crippen molar-refractivity contribution in [2.24, 2.45) is 4.99 Å². The van der Waals surface area contributed by atoms with E-state index in [1.54, 1.807) is 73.9 Å². The summed E-state index contributed by atoms with van der Waals surface area (Å²) in [4.78, 5) is 49.3. The predicted molar refractivity (Wildman–Crippen MR) is 137 cm³/mol. The van der Waals surface area contributed by atoms with Crippen molar-refractivity contribution in [2.45, 2.75) is 12.6 Å². The minimum absolute atomic E-state index is 0.0969. The van der Waals surface area contributed by atoms with Gasteiger partial charge < -0.3 is 26.0 Å². The molecule has 1 aliphatic heterocycles. The van der Waals surface area contributed by atoms with Gasteiger partial charge in [-0.25, -0.2) is 9.79 Å². The number of aromatic nitrogens is 1. The summed E-state index contributed by atoms with van der Waals surface area (Å²) >= 11 is 0. The number of benzodiazepines with no additional fused rings is 1. The van der Waals surface area contributed by atoms with E-state index < -0.39 is 18.1 Å². The van der Waals surface area contributed by atoms with Gasteiger partial charge in [-0.1, -0.05) is 30.3 Å². The third-order valence-corrected chi connectivity index (χ3v) is 5.52. The molecule has 2 aromatic carbocycles. The van der Waals surface area contributed by atoms with Crippen LogP contribution in [0.5, 0.6) is 0 Å². The molecule has 0 fully saturated rings. The van der Waals surface area contributed by atoms with Gasteiger partial charge in [0.1, 0.15) is 0 Å². The molecule has 3 aromatic rings. The van der Waals surface area contributed by atoms with Crippen molar-refractivity contribution in [3.63, 3.8) is 0 Å². The van der Waals surface area contributed by atoms with Crippen molar-refractivity contribution in [1.29, 1.82) is 0 Å². The molecule has 10 heteroatoms. The second-order valence-electron chi connectivity index (χ2n) is 7.98. The molecule has 0 aliphatic carbocycles.